The second-order valence-electron chi connectivity index (χ2n) is 8.03. The molecule has 6 nitrogen and oxygen atoms in total. The highest BCUT2D eigenvalue weighted by atomic mass is 32.1. The van der Waals surface area contributed by atoms with Crippen LogP contribution in [0.3, 0.4) is 0 Å². The minimum atomic E-state index is -0.692. The molecule has 1 aromatic carbocycles. The van der Waals surface area contributed by atoms with E-state index < -0.39 is 17.7 Å². The third kappa shape index (κ3) is 2.81. The molecule has 2 atom stereocenters. The number of likely N-dealkylation sites (tertiary alicyclic amines) is 1. The standard InChI is InChI=1S/C21H23N3O3S/c25-16-9-18-19(26)23(10-15-5-2-1-3-6-15)20(27)21(24(18)11-16)13-22(14-21)12-17-7-4-8-28-17/h1-8,16,18,25H,9-14H2/t16-,18+/m1/s1. The van der Waals surface area contributed by atoms with Gasteiger partial charge in [-0.1, -0.05) is 36.4 Å². The van der Waals surface area contributed by atoms with Crippen molar-refractivity contribution in [2.75, 3.05) is 19.6 Å². The maximum Gasteiger partial charge on any atom is 0.252 e. The first-order valence-electron chi connectivity index (χ1n) is 9.66. The van der Waals surface area contributed by atoms with Gasteiger partial charge in [0.25, 0.3) is 5.91 Å². The topological polar surface area (TPSA) is 64.1 Å². The van der Waals surface area contributed by atoms with Gasteiger partial charge >= 0.3 is 0 Å². The summed E-state index contributed by atoms with van der Waals surface area (Å²) in [6, 6.07) is 13.4. The molecule has 0 unspecified atom stereocenters. The van der Waals surface area contributed by atoms with Crippen molar-refractivity contribution < 1.29 is 14.7 Å². The van der Waals surface area contributed by atoms with Crippen molar-refractivity contribution in [1.82, 2.24) is 14.7 Å². The molecule has 0 radical (unpaired) electrons. The first-order chi connectivity index (χ1) is 13.6. The highest BCUT2D eigenvalue weighted by Crippen LogP contribution is 2.41. The lowest BCUT2D eigenvalue weighted by Crippen LogP contribution is -2.81. The zero-order chi connectivity index (χ0) is 19.3. The molecule has 2 aromatic rings. The summed E-state index contributed by atoms with van der Waals surface area (Å²) in [4.78, 5) is 33.5. The van der Waals surface area contributed by atoms with E-state index in [1.165, 1.54) is 9.78 Å². The largest absolute Gasteiger partial charge is 0.392 e. The number of amides is 2. The predicted molar refractivity (Wildman–Crippen MR) is 105 cm³/mol. The zero-order valence-electron chi connectivity index (χ0n) is 15.5. The van der Waals surface area contributed by atoms with Crippen LogP contribution in [0.25, 0.3) is 0 Å². The first-order valence-corrected chi connectivity index (χ1v) is 10.5. The Hall–Kier alpha value is -2.06. The second kappa shape index (κ2) is 6.77. The number of rotatable bonds is 4. The van der Waals surface area contributed by atoms with Crippen LogP contribution >= 0.6 is 11.3 Å². The van der Waals surface area contributed by atoms with Crippen LogP contribution in [0.2, 0.25) is 0 Å². The van der Waals surface area contributed by atoms with Gasteiger partial charge in [0, 0.05) is 31.1 Å². The SMILES string of the molecule is O=C1[C@@H]2C[C@@H](O)CN2C2(CN(Cc3cccs3)C2)C(=O)N1Cc1ccccc1. The van der Waals surface area contributed by atoms with Crippen LogP contribution in [0.1, 0.15) is 16.9 Å². The van der Waals surface area contributed by atoms with E-state index in [4.69, 9.17) is 0 Å². The number of fused-ring (bicyclic) bond motifs is 2. The maximum atomic E-state index is 13.5. The maximum absolute atomic E-state index is 13.5. The van der Waals surface area contributed by atoms with E-state index in [2.05, 4.69) is 16.3 Å². The molecule has 3 saturated heterocycles. The third-order valence-electron chi connectivity index (χ3n) is 6.14. The molecule has 1 N–H and O–H groups in total. The molecule has 1 aromatic heterocycles. The van der Waals surface area contributed by atoms with Crippen molar-refractivity contribution in [2.45, 2.75) is 37.2 Å². The van der Waals surface area contributed by atoms with Crippen molar-refractivity contribution >= 4 is 23.2 Å². The fraction of sp³-hybridized carbons (Fsp3) is 0.429. The Balaban J connectivity index is 1.41. The average molecular weight is 398 g/mol. The Morgan fingerprint density at radius 3 is 2.57 bits per heavy atom. The zero-order valence-corrected chi connectivity index (χ0v) is 16.3. The number of hydrogen-bond donors (Lipinski definition) is 1. The van der Waals surface area contributed by atoms with E-state index in [-0.39, 0.29) is 11.8 Å². The number of thiophene rings is 1. The monoisotopic (exact) mass is 397 g/mol. The van der Waals surface area contributed by atoms with Crippen molar-refractivity contribution in [2.24, 2.45) is 0 Å². The molecule has 3 aliphatic heterocycles. The lowest BCUT2D eigenvalue weighted by atomic mass is 9.82. The number of β-amino-alcohol motifs (C(OH)–C–C–N with tert-alkyl or cyclic N) is 1. The summed E-state index contributed by atoms with van der Waals surface area (Å²) < 4.78 is 0. The van der Waals surface area contributed by atoms with Crippen LogP contribution in [0.15, 0.2) is 47.8 Å². The third-order valence-corrected chi connectivity index (χ3v) is 7.00. The summed E-state index contributed by atoms with van der Waals surface area (Å²) in [7, 11) is 0. The summed E-state index contributed by atoms with van der Waals surface area (Å²) in [5, 5.41) is 12.3. The van der Waals surface area contributed by atoms with Gasteiger partial charge in [-0.3, -0.25) is 24.3 Å². The fourth-order valence-electron chi connectivity index (χ4n) is 4.84. The highest BCUT2D eigenvalue weighted by molar-refractivity contribution is 7.09. The number of piperazine rings is 1. The quantitative estimate of drug-likeness (QED) is 0.788. The molecule has 0 aliphatic carbocycles. The van der Waals surface area contributed by atoms with Crippen molar-refractivity contribution in [3.05, 3.63) is 58.3 Å². The summed E-state index contributed by atoms with van der Waals surface area (Å²) in [6.45, 7) is 2.72. The predicted octanol–water partition coefficient (Wildman–Crippen LogP) is 1.31. The fourth-order valence-corrected chi connectivity index (χ4v) is 5.58. The molecule has 7 heteroatoms. The molecule has 4 heterocycles. The van der Waals surface area contributed by atoms with Crippen LogP contribution in [-0.4, -0.2) is 68.9 Å². The number of aliphatic hydroxyl groups is 1. The molecule has 146 valence electrons. The van der Waals surface area contributed by atoms with Crippen LogP contribution in [0.5, 0.6) is 0 Å². The average Bonchev–Trinajstić information content (AvgIpc) is 3.31. The number of nitrogens with zero attached hydrogens (tertiary/aromatic N) is 3. The van der Waals surface area contributed by atoms with Gasteiger partial charge < -0.3 is 5.11 Å². The van der Waals surface area contributed by atoms with Gasteiger partial charge in [-0.05, 0) is 23.4 Å². The van der Waals surface area contributed by atoms with E-state index in [1.54, 1.807) is 11.3 Å². The molecule has 5 rings (SSSR count). The molecular formula is C21H23N3O3S. The first kappa shape index (κ1) is 18.0. The summed E-state index contributed by atoms with van der Waals surface area (Å²) >= 11 is 1.71. The number of carbonyl (C=O) groups is 2. The summed E-state index contributed by atoms with van der Waals surface area (Å²) in [5.41, 5.74) is 0.253. The lowest BCUT2D eigenvalue weighted by Gasteiger charge is -2.58. The number of aliphatic hydroxyl groups excluding tert-OH is 1. The lowest BCUT2D eigenvalue weighted by molar-refractivity contribution is -0.181. The minimum Gasteiger partial charge on any atom is -0.392 e. The molecule has 3 aliphatic rings. The van der Waals surface area contributed by atoms with E-state index in [9.17, 15) is 14.7 Å². The van der Waals surface area contributed by atoms with Crippen molar-refractivity contribution in [3.8, 4) is 0 Å². The Bertz CT molecular complexity index is 880. The Morgan fingerprint density at radius 1 is 1.07 bits per heavy atom. The van der Waals surface area contributed by atoms with Crippen molar-refractivity contribution in [3.63, 3.8) is 0 Å². The van der Waals surface area contributed by atoms with Gasteiger partial charge in [-0.25, -0.2) is 0 Å². The van der Waals surface area contributed by atoms with Gasteiger partial charge in [-0.15, -0.1) is 11.3 Å². The summed E-state index contributed by atoms with van der Waals surface area (Å²) in [5.74, 6) is -0.290. The van der Waals surface area contributed by atoms with Gasteiger partial charge in [-0.2, -0.15) is 0 Å². The molecule has 0 bridgehead atoms. The normalized spacial score (nSPS) is 27.2. The molecule has 28 heavy (non-hydrogen) atoms. The van der Waals surface area contributed by atoms with Crippen LogP contribution in [-0.2, 0) is 22.7 Å². The molecule has 0 saturated carbocycles. The number of hydrogen-bond acceptors (Lipinski definition) is 6. The molecule has 2 amide bonds. The highest BCUT2D eigenvalue weighted by Gasteiger charge is 2.64. The Kier molecular flexibility index (Phi) is 4.35. The summed E-state index contributed by atoms with van der Waals surface area (Å²) in [6.07, 6.45) is -0.147. The van der Waals surface area contributed by atoms with Gasteiger partial charge in [0.15, 0.2) is 0 Å². The number of imide groups is 1. The van der Waals surface area contributed by atoms with E-state index in [1.807, 2.05) is 41.3 Å². The number of benzene rings is 1. The van der Waals surface area contributed by atoms with Crippen molar-refractivity contribution in [1.29, 1.82) is 0 Å². The number of carbonyl (C=O) groups excluding carboxylic acids is 2. The van der Waals surface area contributed by atoms with Crippen LogP contribution in [0.4, 0.5) is 0 Å². The van der Waals surface area contributed by atoms with Gasteiger partial charge in [0.2, 0.25) is 5.91 Å². The minimum absolute atomic E-state index is 0.117. The van der Waals surface area contributed by atoms with E-state index in [0.717, 1.165) is 12.1 Å². The Labute approximate surface area is 168 Å². The smallest absolute Gasteiger partial charge is 0.252 e. The van der Waals surface area contributed by atoms with E-state index >= 15 is 0 Å². The second-order valence-corrected chi connectivity index (χ2v) is 9.06. The molecule has 1 spiro atoms. The molecule has 3 fully saturated rings. The van der Waals surface area contributed by atoms with E-state index in [0.29, 0.717) is 32.6 Å². The Morgan fingerprint density at radius 2 is 1.86 bits per heavy atom. The van der Waals surface area contributed by atoms with Crippen LogP contribution in [0, 0.1) is 0 Å². The molecular weight excluding hydrogens is 374 g/mol. The van der Waals surface area contributed by atoms with Gasteiger partial charge in [0.05, 0.1) is 18.7 Å². The van der Waals surface area contributed by atoms with Gasteiger partial charge in [0.1, 0.15) is 5.54 Å². The van der Waals surface area contributed by atoms with Crippen LogP contribution < -0.4 is 0 Å².